The molecule has 1 N–H and O–H groups in total. The topological polar surface area (TPSA) is 37.3 Å². The van der Waals surface area contributed by atoms with Crippen molar-refractivity contribution in [2.24, 2.45) is 4.99 Å². The van der Waals surface area contributed by atoms with Gasteiger partial charge in [-0.15, -0.1) is 0 Å². The average molecular weight is 372 g/mol. The lowest BCUT2D eigenvalue weighted by molar-refractivity contribution is 0.739. The molecule has 0 saturated carbocycles. The Morgan fingerprint density at radius 1 is 1.29 bits per heavy atom. The van der Waals surface area contributed by atoms with E-state index in [1.807, 2.05) is 25.3 Å². The van der Waals surface area contributed by atoms with Gasteiger partial charge in [-0.3, -0.25) is 9.98 Å². The van der Waals surface area contributed by atoms with Crippen molar-refractivity contribution in [2.45, 2.75) is 40.0 Å². The number of hydrogen-bond acceptors (Lipinski definition) is 3. The first-order valence-electron chi connectivity index (χ1n) is 9.89. The van der Waals surface area contributed by atoms with Gasteiger partial charge < -0.3 is 5.32 Å². The van der Waals surface area contributed by atoms with Gasteiger partial charge >= 0.3 is 0 Å². The van der Waals surface area contributed by atoms with Gasteiger partial charge in [0.25, 0.3) is 0 Å². The summed E-state index contributed by atoms with van der Waals surface area (Å²) in [6.07, 6.45) is 11.0. The smallest absolute Gasteiger partial charge is 0.0872 e. The molecule has 0 bridgehead atoms. The quantitative estimate of drug-likeness (QED) is 0.617. The summed E-state index contributed by atoms with van der Waals surface area (Å²) in [4.78, 5) is 9.00. The van der Waals surface area contributed by atoms with Crippen molar-refractivity contribution in [3.8, 4) is 0 Å². The van der Waals surface area contributed by atoms with Crippen LogP contribution >= 0.6 is 0 Å². The summed E-state index contributed by atoms with van der Waals surface area (Å²) in [6, 6.07) is 8.68. The van der Waals surface area contributed by atoms with Gasteiger partial charge in [0, 0.05) is 17.2 Å². The number of nitrogens with one attached hydrogen (secondary N) is 1. The Labute approximate surface area is 168 Å². The molecule has 3 nitrogen and oxygen atoms in total. The number of hydrogen-bond donors (Lipinski definition) is 1. The zero-order valence-electron chi connectivity index (χ0n) is 17.3. The Hall–Kier alpha value is -2.94. The number of aromatic nitrogens is 1. The first kappa shape index (κ1) is 19.8. The van der Waals surface area contributed by atoms with Crippen LogP contribution < -0.4 is 5.32 Å². The Bertz CT molecular complexity index is 1010. The molecule has 1 aromatic heterocycles. The van der Waals surface area contributed by atoms with Gasteiger partial charge in [-0.2, -0.15) is 0 Å². The molecule has 0 radical (unpaired) electrons. The summed E-state index contributed by atoms with van der Waals surface area (Å²) in [7, 11) is 0. The van der Waals surface area contributed by atoms with Crippen LogP contribution in [0.3, 0.4) is 0 Å². The van der Waals surface area contributed by atoms with E-state index in [4.69, 9.17) is 0 Å². The zero-order valence-corrected chi connectivity index (χ0v) is 17.3. The molecule has 0 fully saturated rings. The maximum Gasteiger partial charge on any atom is 0.0872 e. The number of fused-ring (bicyclic) bond motifs is 1. The van der Waals surface area contributed by atoms with E-state index >= 15 is 0 Å². The van der Waals surface area contributed by atoms with Crippen LogP contribution in [0.15, 0.2) is 77.0 Å². The van der Waals surface area contributed by atoms with E-state index < -0.39 is 0 Å². The molecule has 1 atom stereocenters. The molecule has 144 valence electrons. The lowest BCUT2D eigenvalue weighted by atomic mass is 9.92. The Kier molecular flexibility index (Phi) is 6.25. The van der Waals surface area contributed by atoms with Gasteiger partial charge in [0.2, 0.25) is 0 Å². The number of allylic oxidation sites excluding steroid dienone is 4. The number of rotatable bonds is 6. The molecule has 2 heterocycles. The molecule has 1 unspecified atom stereocenters. The maximum absolute atomic E-state index is 4.56. The number of nitrogens with zero attached hydrogens (tertiary/aromatic N) is 2. The highest BCUT2D eigenvalue weighted by Crippen LogP contribution is 2.30. The van der Waals surface area contributed by atoms with Crippen LogP contribution in [0.5, 0.6) is 0 Å². The molecule has 1 aliphatic rings. The van der Waals surface area contributed by atoms with Crippen LogP contribution in [0, 0.1) is 0 Å². The van der Waals surface area contributed by atoms with Crippen LogP contribution in [0.4, 0.5) is 0 Å². The van der Waals surface area contributed by atoms with Gasteiger partial charge in [-0.25, -0.2) is 0 Å². The highest BCUT2D eigenvalue weighted by molar-refractivity contribution is 5.90. The fraction of sp³-hybridized carbons (Fsp3) is 0.280. The van der Waals surface area contributed by atoms with Crippen molar-refractivity contribution in [2.75, 3.05) is 6.54 Å². The molecule has 0 saturated heterocycles. The molecule has 3 heteroatoms. The Morgan fingerprint density at radius 3 is 2.86 bits per heavy atom. The molecule has 1 aromatic carbocycles. The second-order valence-electron chi connectivity index (χ2n) is 7.46. The van der Waals surface area contributed by atoms with Crippen LogP contribution in [0.25, 0.3) is 16.6 Å². The second kappa shape index (κ2) is 8.83. The molecule has 2 aromatic rings. The SMILES string of the molecule is C=C(C)/C=C\C=C(/C)C1=C(c2ccc3nccc(C(C)CC)c3c2)NC=NC1. The predicted octanol–water partition coefficient (Wildman–Crippen LogP) is 6.17. The van der Waals surface area contributed by atoms with Crippen molar-refractivity contribution in [3.05, 3.63) is 83.1 Å². The lowest BCUT2D eigenvalue weighted by Crippen LogP contribution is -2.18. The summed E-state index contributed by atoms with van der Waals surface area (Å²) in [5, 5.41) is 4.61. The summed E-state index contributed by atoms with van der Waals surface area (Å²) in [6.45, 7) is 13.2. The monoisotopic (exact) mass is 371 g/mol. The fourth-order valence-corrected chi connectivity index (χ4v) is 3.42. The summed E-state index contributed by atoms with van der Waals surface area (Å²) in [5.41, 5.74) is 8.14. The van der Waals surface area contributed by atoms with Gasteiger partial charge in [-0.1, -0.05) is 50.3 Å². The van der Waals surface area contributed by atoms with Gasteiger partial charge in [0.1, 0.15) is 0 Å². The first-order chi connectivity index (χ1) is 13.5. The van der Waals surface area contributed by atoms with Crippen LogP contribution in [-0.2, 0) is 0 Å². The van der Waals surface area contributed by atoms with Crippen LogP contribution in [0.2, 0.25) is 0 Å². The van der Waals surface area contributed by atoms with E-state index in [1.165, 1.54) is 27.7 Å². The third kappa shape index (κ3) is 4.30. The van der Waals surface area contributed by atoms with Crippen molar-refractivity contribution >= 4 is 22.9 Å². The molecular formula is C25H29N3. The van der Waals surface area contributed by atoms with Crippen LogP contribution in [0.1, 0.15) is 51.2 Å². The number of aliphatic imine (C=N–C) groups is 1. The second-order valence-corrected chi connectivity index (χ2v) is 7.46. The van der Waals surface area contributed by atoms with E-state index in [0.717, 1.165) is 23.2 Å². The lowest BCUT2D eigenvalue weighted by Gasteiger charge is -2.20. The largest absolute Gasteiger partial charge is 0.346 e. The van der Waals surface area contributed by atoms with Crippen molar-refractivity contribution in [1.29, 1.82) is 0 Å². The number of benzene rings is 1. The van der Waals surface area contributed by atoms with E-state index in [-0.39, 0.29) is 0 Å². The zero-order chi connectivity index (χ0) is 20.1. The minimum Gasteiger partial charge on any atom is -0.346 e. The fourth-order valence-electron chi connectivity index (χ4n) is 3.42. The molecule has 0 aliphatic carbocycles. The minimum atomic E-state index is 0.504. The van der Waals surface area contributed by atoms with Gasteiger partial charge in [-0.05, 0) is 61.1 Å². The maximum atomic E-state index is 4.56. The highest BCUT2D eigenvalue weighted by atomic mass is 15.0. The molecule has 3 rings (SSSR count). The average Bonchev–Trinajstić information content (AvgIpc) is 2.72. The third-order valence-corrected chi connectivity index (χ3v) is 5.26. The number of pyridine rings is 1. The summed E-state index contributed by atoms with van der Waals surface area (Å²) in [5.74, 6) is 0.504. The Balaban J connectivity index is 2.10. The molecule has 28 heavy (non-hydrogen) atoms. The van der Waals surface area contributed by atoms with Gasteiger partial charge in [0.15, 0.2) is 0 Å². The standard InChI is InChI=1S/C25H29N3/c1-6-18(4)21-12-13-27-24-11-10-20(14-22(21)24)25-23(15-26-16-28-25)19(5)9-7-8-17(2)3/h7-14,16,18H,2,6,15H2,1,3-5H3,(H,26,28)/b8-7-,19-9+. The first-order valence-corrected chi connectivity index (χ1v) is 9.89. The molecule has 0 spiro atoms. The molecular weight excluding hydrogens is 342 g/mol. The summed E-state index contributed by atoms with van der Waals surface area (Å²) >= 11 is 0. The van der Waals surface area contributed by atoms with E-state index in [0.29, 0.717) is 12.5 Å². The van der Waals surface area contributed by atoms with E-state index in [1.54, 1.807) is 6.34 Å². The predicted molar refractivity (Wildman–Crippen MR) is 122 cm³/mol. The van der Waals surface area contributed by atoms with Gasteiger partial charge in [0.05, 0.1) is 24.1 Å². The minimum absolute atomic E-state index is 0.504. The van der Waals surface area contributed by atoms with Crippen molar-refractivity contribution in [3.63, 3.8) is 0 Å². The van der Waals surface area contributed by atoms with Crippen LogP contribution in [-0.4, -0.2) is 17.9 Å². The van der Waals surface area contributed by atoms with E-state index in [9.17, 15) is 0 Å². The highest BCUT2D eigenvalue weighted by Gasteiger charge is 2.15. The van der Waals surface area contributed by atoms with Crippen molar-refractivity contribution in [1.82, 2.24) is 10.3 Å². The molecule has 1 aliphatic heterocycles. The third-order valence-electron chi connectivity index (χ3n) is 5.26. The molecule has 0 amide bonds. The van der Waals surface area contributed by atoms with Crippen molar-refractivity contribution < 1.29 is 0 Å². The summed E-state index contributed by atoms with van der Waals surface area (Å²) < 4.78 is 0. The Morgan fingerprint density at radius 2 is 2.11 bits per heavy atom. The van der Waals surface area contributed by atoms with E-state index in [2.05, 4.69) is 73.0 Å². The normalized spacial score (nSPS) is 15.9.